The summed E-state index contributed by atoms with van der Waals surface area (Å²) in [5, 5.41) is 5.47. The van der Waals surface area contributed by atoms with E-state index < -0.39 is 33.8 Å². The van der Waals surface area contributed by atoms with Crippen molar-refractivity contribution in [3.05, 3.63) is 90.2 Å². The quantitative estimate of drug-likeness (QED) is 0.527. The van der Waals surface area contributed by atoms with Gasteiger partial charge in [0, 0.05) is 5.54 Å². The second kappa shape index (κ2) is 10.0. The summed E-state index contributed by atoms with van der Waals surface area (Å²) in [5.74, 6) is -1.58. The van der Waals surface area contributed by atoms with E-state index in [0.717, 1.165) is 16.4 Å². The van der Waals surface area contributed by atoms with Crippen molar-refractivity contribution in [3.8, 4) is 0 Å². The van der Waals surface area contributed by atoms with Gasteiger partial charge in [-0.05, 0) is 69.3 Å². The predicted molar refractivity (Wildman–Crippen MR) is 130 cm³/mol. The summed E-state index contributed by atoms with van der Waals surface area (Å²) in [6.45, 7) is 4.92. The third-order valence-electron chi connectivity index (χ3n) is 4.67. The van der Waals surface area contributed by atoms with E-state index in [1.165, 1.54) is 24.3 Å². The highest BCUT2D eigenvalue weighted by atomic mass is 32.2. The lowest BCUT2D eigenvalue weighted by molar-refractivity contribution is -0.114. The highest BCUT2D eigenvalue weighted by Crippen LogP contribution is 2.24. The number of hydrogen-bond donors (Lipinski definition) is 2. The molecule has 0 aromatic heterocycles. The van der Waals surface area contributed by atoms with Crippen molar-refractivity contribution in [2.45, 2.75) is 31.2 Å². The van der Waals surface area contributed by atoms with Crippen molar-refractivity contribution < 1.29 is 22.4 Å². The van der Waals surface area contributed by atoms with E-state index in [2.05, 4.69) is 10.6 Å². The number of amides is 2. The van der Waals surface area contributed by atoms with E-state index in [9.17, 15) is 22.4 Å². The smallest absolute Gasteiger partial charge is 0.264 e. The van der Waals surface area contributed by atoms with Crippen molar-refractivity contribution >= 4 is 33.2 Å². The molecule has 0 unspecified atom stereocenters. The summed E-state index contributed by atoms with van der Waals surface area (Å²) in [6.07, 6.45) is 0. The number of hydrogen-bond acceptors (Lipinski definition) is 4. The molecule has 0 heterocycles. The highest BCUT2D eigenvalue weighted by molar-refractivity contribution is 7.92. The molecule has 0 fully saturated rings. The number of carbonyl (C=O) groups excluding carboxylic acids is 2. The standard InChI is InChI=1S/C25H26FN3O4S/c1-25(2,3)28-24(31)21-11-7-8-12-22(21)27-23(30)17-29(19-15-13-18(26)14-16-19)34(32,33)20-9-5-4-6-10-20/h4-16H,17H2,1-3H3,(H,27,30)(H,28,31). The summed E-state index contributed by atoms with van der Waals surface area (Å²) >= 11 is 0. The van der Waals surface area contributed by atoms with Crippen molar-refractivity contribution in [1.29, 1.82) is 0 Å². The van der Waals surface area contributed by atoms with Gasteiger partial charge in [0.05, 0.1) is 21.8 Å². The Labute approximate surface area is 198 Å². The Morgan fingerprint density at radius 3 is 2.09 bits per heavy atom. The van der Waals surface area contributed by atoms with Crippen LogP contribution in [0.2, 0.25) is 0 Å². The molecule has 2 N–H and O–H groups in total. The van der Waals surface area contributed by atoms with Crippen LogP contribution in [0.5, 0.6) is 0 Å². The topological polar surface area (TPSA) is 95.6 Å². The minimum Gasteiger partial charge on any atom is -0.347 e. The van der Waals surface area contributed by atoms with Gasteiger partial charge in [-0.2, -0.15) is 0 Å². The van der Waals surface area contributed by atoms with Gasteiger partial charge in [-0.1, -0.05) is 30.3 Å². The summed E-state index contributed by atoms with van der Waals surface area (Å²) in [6, 6.07) is 18.9. The summed E-state index contributed by atoms with van der Waals surface area (Å²) in [5.41, 5.74) is 0.117. The van der Waals surface area contributed by atoms with Gasteiger partial charge in [0.1, 0.15) is 12.4 Å². The molecular weight excluding hydrogens is 457 g/mol. The van der Waals surface area contributed by atoms with Crippen LogP contribution in [0.4, 0.5) is 15.8 Å². The predicted octanol–water partition coefficient (Wildman–Crippen LogP) is 4.19. The number of nitrogens with zero attached hydrogens (tertiary/aromatic N) is 1. The zero-order valence-electron chi connectivity index (χ0n) is 19.1. The molecule has 7 nitrogen and oxygen atoms in total. The Balaban J connectivity index is 1.91. The van der Waals surface area contributed by atoms with Crippen LogP contribution in [0.1, 0.15) is 31.1 Å². The van der Waals surface area contributed by atoms with Crippen LogP contribution in [0.3, 0.4) is 0 Å². The number of rotatable bonds is 7. The van der Waals surface area contributed by atoms with Gasteiger partial charge in [-0.15, -0.1) is 0 Å². The van der Waals surface area contributed by atoms with E-state index in [1.807, 2.05) is 20.8 Å². The largest absolute Gasteiger partial charge is 0.347 e. The summed E-state index contributed by atoms with van der Waals surface area (Å²) < 4.78 is 41.0. The monoisotopic (exact) mass is 483 g/mol. The third-order valence-corrected chi connectivity index (χ3v) is 6.46. The number of anilines is 2. The van der Waals surface area contributed by atoms with Gasteiger partial charge >= 0.3 is 0 Å². The van der Waals surface area contributed by atoms with Crippen LogP contribution >= 0.6 is 0 Å². The second-order valence-electron chi connectivity index (χ2n) is 8.60. The average Bonchev–Trinajstić information content (AvgIpc) is 2.78. The molecule has 0 spiro atoms. The van der Waals surface area contributed by atoms with Crippen LogP contribution in [-0.2, 0) is 14.8 Å². The molecule has 178 valence electrons. The highest BCUT2D eigenvalue weighted by Gasteiger charge is 2.28. The molecule has 0 atom stereocenters. The molecule has 0 aliphatic rings. The van der Waals surface area contributed by atoms with Crippen molar-refractivity contribution in [3.63, 3.8) is 0 Å². The van der Waals surface area contributed by atoms with Crippen LogP contribution in [-0.4, -0.2) is 32.3 Å². The molecule has 2 amide bonds. The Kier molecular flexibility index (Phi) is 7.36. The summed E-state index contributed by atoms with van der Waals surface area (Å²) in [7, 11) is -4.13. The zero-order chi connectivity index (χ0) is 24.9. The molecule has 9 heteroatoms. The first-order valence-corrected chi connectivity index (χ1v) is 12.0. The Hall–Kier alpha value is -3.72. The average molecular weight is 484 g/mol. The van der Waals surface area contributed by atoms with Crippen LogP contribution in [0.25, 0.3) is 0 Å². The normalized spacial score (nSPS) is 11.5. The van der Waals surface area contributed by atoms with Gasteiger partial charge in [0.2, 0.25) is 5.91 Å². The fourth-order valence-corrected chi connectivity index (χ4v) is 4.60. The fourth-order valence-electron chi connectivity index (χ4n) is 3.16. The van der Waals surface area contributed by atoms with Crippen LogP contribution < -0.4 is 14.9 Å². The second-order valence-corrected chi connectivity index (χ2v) is 10.5. The molecule has 34 heavy (non-hydrogen) atoms. The number of halogens is 1. The molecule has 0 saturated carbocycles. The lowest BCUT2D eigenvalue weighted by Crippen LogP contribution is -2.41. The maximum Gasteiger partial charge on any atom is 0.264 e. The number of benzene rings is 3. The number of sulfonamides is 1. The van der Waals surface area contributed by atoms with E-state index in [0.29, 0.717) is 0 Å². The molecular formula is C25H26FN3O4S. The minimum absolute atomic E-state index is 0.0166. The van der Waals surface area contributed by atoms with Crippen LogP contribution in [0, 0.1) is 5.82 Å². The van der Waals surface area contributed by atoms with Crippen molar-refractivity contribution in [2.75, 3.05) is 16.2 Å². The lowest BCUT2D eigenvalue weighted by Gasteiger charge is -2.25. The molecule has 3 aromatic rings. The molecule has 0 aliphatic heterocycles. The first-order chi connectivity index (χ1) is 16.0. The van der Waals surface area contributed by atoms with E-state index in [-0.39, 0.29) is 27.7 Å². The van der Waals surface area contributed by atoms with Crippen molar-refractivity contribution in [1.82, 2.24) is 5.32 Å². The zero-order valence-corrected chi connectivity index (χ0v) is 19.9. The van der Waals surface area contributed by atoms with E-state index in [1.54, 1.807) is 42.5 Å². The fraction of sp³-hybridized carbons (Fsp3) is 0.200. The molecule has 0 radical (unpaired) electrons. The Bertz CT molecular complexity index is 1270. The Morgan fingerprint density at radius 1 is 0.882 bits per heavy atom. The van der Waals surface area contributed by atoms with Gasteiger partial charge < -0.3 is 10.6 Å². The summed E-state index contributed by atoms with van der Waals surface area (Å²) in [4.78, 5) is 25.6. The van der Waals surface area contributed by atoms with Crippen molar-refractivity contribution in [2.24, 2.45) is 0 Å². The first kappa shape index (κ1) is 24.9. The number of carbonyl (C=O) groups is 2. The van der Waals surface area contributed by atoms with E-state index in [4.69, 9.17) is 0 Å². The van der Waals surface area contributed by atoms with Gasteiger partial charge in [-0.25, -0.2) is 12.8 Å². The molecule has 0 saturated heterocycles. The van der Waals surface area contributed by atoms with Gasteiger partial charge in [-0.3, -0.25) is 13.9 Å². The third kappa shape index (κ3) is 6.20. The Morgan fingerprint density at radius 2 is 1.47 bits per heavy atom. The lowest BCUT2D eigenvalue weighted by atomic mass is 10.1. The van der Waals surface area contributed by atoms with Crippen LogP contribution in [0.15, 0.2) is 83.8 Å². The number of nitrogens with one attached hydrogen (secondary N) is 2. The van der Waals surface area contributed by atoms with E-state index >= 15 is 0 Å². The molecule has 3 rings (SSSR count). The van der Waals surface area contributed by atoms with Gasteiger partial charge in [0.15, 0.2) is 0 Å². The van der Waals surface area contributed by atoms with Gasteiger partial charge in [0.25, 0.3) is 15.9 Å². The minimum atomic E-state index is -4.13. The molecule has 0 aliphatic carbocycles. The first-order valence-electron chi connectivity index (χ1n) is 10.5. The maximum absolute atomic E-state index is 13.5. The molecule has 0 bridgehead atoms. The maximum atomic E-state index is 13.5. The number of para-hydroxylation sites is 1. The SMILES string of the molecule is CC(C)(C)NC(=O)c1ccccc1NC(=O)CN(c1ccc(F)cc1)S(=O)(=O)c1ccccc1. The molecule has 3 aromatic carbocycles.